The Balaban J connectivity index is 2.15. The van der Waals surface area contributed by atoms with E-state index in [2.05, 4.69) is 15.1 Å². The molecule has 3 rings (SSSR count). The number of sulfonamides is 1. The van der Waals surface area contributed by atoms with Gasteiger partial charge in [-0.15, -0.1) is 0 Å². The Labute approximate surface area is 124 Å². The number of fused-ring (bicyclic) bond motifs is 1. The second kappa shape index (κ2) is 4.86. The van der Waals surface area contributed by atoms with E-state index in [0.29, 0.717) is 16.6 Å². The number of nitrogens with two attached hydrogens (primary N) is 1. The summed E-state index contributed by atoms with van der Waals surface area (Å²) in [5, 5.41) is 18.3. The molecule has 3 aromatic heterocycles. The zero-order chi connectivity index (χ0) is 15.9. The first-order valence-corrected chi connectivity index (χ1v) is 7.47. The van der Waals surface area contributed by atoms with Crippen molar-refractivity contribution in [1.29, 1.82) is 0 Å². The average Bonchev–Trinajstić information content (AvgIpc) is 2.90. The largest absolute Gasteiger partial charge is 0.478 e. The van der Waals surface area contributed by atoms with Crippen molar-refractivity contribution in [2.45, 2.75) is 5.03 Å². The Hall–Kier alpha value is -2.85. The summed E-state index contributed by atoms with van der Waals surface area (Å²) >= 11 is 0. The maximum atomic E-state index is 11.2. The van der Waals surface area contributed by atoms with Crippen LogP contribution in [0.5, 0.6) is 0 Å². The van der Waals surface area contributed by atoms with Gasteiger partial charge in [-0.1, -0.05) is 0 Å². The summed E-state index contributed by atoms with van der Waals surface area (Å²) in [6, 6.07) is 2.71. The minimum atomic E-state index is -3.88. The fourth-order valence-corrected chi connectivity index (χ4v) is 2.44. The van der Waals surface area contributed by atoms with Crippen LogP contribution in [-0.4, -0.2) is 39.2 Å². The normalized spacial score (nSPS) is 11.7. The zero-order valence-electron chi connectivity index (χ0n) is 10.9. The second-order valence-electron chi connectivity index (χ2n) is 4.38. The molecule has 0 aliphatic carbocycles. The van der Waals surface area contributed by atoms with Crippen molar-refractivity contribution in [2.24, 2.45) is 5.14 Å². The molecule has 0 atom stereocenters. The Kier molecular flexibility index (Phi) is 3.11. The van der Waals surface area contributed by atoms with E-state index in [1.54, 1.807) is 0 Å². The Bertz CT molecular complexity index is 978. The van der Waals surface area contributed by atoms with Crippen LogP contribution in [0.15, 0.2) is 41.9 Å². The van der Waals surface area contributed by atoms with E-state index in [0.717, 1.165) is 0 Å². The second-order valence-corrected chi connectivity index (χ2v) is 5.89. The lowest BCUT2D eigenvalue weighted by molar-refractivity contribution is 0.0698. The van der Waals surface area contributed by atoms with Gasteiger partial charge in [0.2, 0.25) is 0 Å². The molecule has 0 fully saturated rings. The van der Waals surface area contributed by atoms with Crippen LogP contribution < -0.4 is 5.14 Å². The van der Waals surface area contributed by atoms with Crippen LogP contribution in [0.2, 0.25) is 0 Å². The number of hydrogen-bond donors (Lipinski definition) is 2. The van der Waals surface area contributed by atoms with Gasteiger partial charge in [0, 0.05) is 11.6 Å². The van der Waals surface area contributed by atoms with E-state index in [9.17, 15) is 13.2 Å². The summed E-state index contributed by atoms with van der Waals surface area (Å²) in [5.41, 5.74) is 0.939. The van der Waals surface area contributed by atoms with Crippen molar-refractivity contribution in [3.63, 3.8) is 0 Å². The summed E-state index contributed by atoms with van der Waals surface area (Å²) in [6.07, 6.45) is 5.37. The molecule has 0 radical (unpaired) electrons. The van der Waals surface area contributed by atoms with E-state index in [1.807, 2.05) is 0 Å². The molecule has 0 saturated heterocycles. The van der Waals surface area contributed by atoms with Gasteiger partial charge in [0.15, 0.2) is 5.03 Å². The number of aromatic nitrogens is 4. The molecule has 22 heavy (non-hydrogen) atoms. The van der Waals surface area contributed by atoms with E-state index in [4.69, 9.17) is 10.2 Å². The van der Waals surface area contributed by atoms with E-state index >= 15 is 0 Å². The summed E-state index contributed by atoms with van der Waals surface area (Å²) in [5.74, 6) is -1.11. The van der Waals surface area contributed by atoms with E-state index in [-0.39, 0.29) is 10.6 Å². The van der Waals surface area contributed by atoms with Gasteiger partial charge in [0.1, 0.15) is 0 Å². The summed E-state index contributed by atoms with van der Waals surface area (Å²) in [7, 11) is -3.88. The third-order valence-electron chi connectivity index (χ3n) is 2.98. The number of carbonyl (C=O) groups is 1. The van der Waals surface area contributed by atoms with Gasteiger partial charge in [0.05, 0.1) is 35.4 Å². The number of pyridine rings is 2. The smallest absolute Gasteiger partial charge is 0.338 e. The molecular formula is C12H9N5O4S. The number of carboxylic acids is 1. The molecule has 0 amide bonds. The van der Waals surface area contributed by atoms with Crippen molar-refractivity contribution >= 4 is 26.9 Å². The number of hydrogen-bond acceptors (Lipinski definition) is 6. The maximum absolute atomic E-state index is 11.2. The molecule has 112 valence electrons. The van der Waals surface area contributed by atoms with Crippen LogP contribution in [0.1, 0.15) is 10.4 Å². The standard InChI is InChI=1S/C12H9N5O4S/c13-22(20,21)11-2-1-7(3-15-11)17-10-6-14-4-9(12(18)19)8(10)5-16-17/h1-6H,(H,18,19)(H2,13,20,21). The number of nitrogens with zero attached hydrogens (tertiary/aromatic N) is 4. The monoisotopic (exact) mass is 319 g/mol. The Morgan fingerprint density at radius 2 is 1.95 bits per heavy atom. The van der Waals surface area contributed by atoms with E-state index < -0.39 is 16.0 Å². The van der Waals surface area contributed by atoms with Crippen molar-refractivity contribution in [3.8, 4) is 5.69 Å². The molecule has 0 saturated carbocycles. The molecule has 3 heterocycles. The fourth-order valence-electron chi connectivity index (χ4n) is 1.98. The van der Waals surface area contributed by atoms with Crippen molar-refractivity contribution in [3.05, 3.63) is 42.5 Å². The first-order chi connectivity index (χ1) is 10.4. The third-order valence-corrected chi connectivity index (χ3v) is 3.81. The molecule has 0 aromatic carbocycles. The lowest BCUT2D eigenvalue weighted by atomic mass is 10.2. The Morgan fingerprint density at radius 1 is 1.18 bits per heavy atom. The highest BCUT2D eigenvalue weighted by Crippen LogP contribution is 2.20. The van der Waals surface area contributed by atoms with Crippen LogP contribution in [0.25, 0.3) is 16.6 Å². The highest BCUT2D eigenvalue weighted by atomic mass is 32.2. The predicted octanol–water partition coefficient (Wildman–Crippen LogP) is 0.161. The molecule has 0 aliphatic rings. The van der Waals surface area contributed by atoms with Gasteiger partial charge in [0.25, 0.3) is 10.0 Å². The van der Waals surface area contributed by atoms with Gasteiger partial charge >= 0.3 is 5.97 Å². The molecular weight excluding hydrogens is 310 g/mol. The number of rotatable bonds is 3. The average molecular weight is 319 g/mol. The van der Waals surface area contributed by atoms with Gasteiger partial charge in [-0.05, 0) is 12.1 Å². The molecule has 0 unspecified atom stereocenters. The van der Waals surface area contributed by atoms with Crippen molar-refractivity contribution in [2.75, 3.05) is 0 Å². The molecule has 10 heteroatoms. The van der Waals surface area contributed by atoms with Crippen molar-refractivity contribution < 1.29 is 18.3 Å². The minimum absolute atomic E-state index is 0.0258. The summed E-state index contributed by atoms with van der Waals surface area (Å²) in [4.78, 5) is 18.8. The van der Waals surface area contributed by atoms with Crippen LogP contribution >= 0.6 is 0 Å². The lowest BCUT2D eigenvalue weighted by Crippen LogP contribution is -2.14. The highest BCUT2D eigenvalue weighted by molar-refractivity contribution is 7.89. The van der Waals surface area contributed by atoms with Gasteiger partial charge in [-0.25, -0.2) is 28.0 Å². The van der Waals surface area contributed by atoms with Crippen LogP contribution in [0.4, 0.5) is 0 Å². The lowest BCUT2D eigenvalue weighted by Gasteiger charge is -2.04. The van der Waals surface area contributed by atoms with E-state index in [1.165, 1.54) is 41.6 Å². The van der Waals surface area contributed by atoms with Gasteiger partial charge in [-0.2, -0.15) is 5.10 Å². The predicted molar refractivity (Wildman–Crippen MR) is 75.0 cm³/mol. The molecule has 3 N–H and O–H groups in total. The maximum Gasteiger partial charge on any atom is 0.338 e. The van der Waals surface area contributed by atoms with Crippen LogP contribution in [-0.2, 0) is 10.0 Å². The topological polar surface area (TPSA) is 141 Å². The fraction of sp³-hybridized carbons (Fsp3) is 0. The third kappa shape index (κ3) is 2.29. The molecule has 0 aliphatic heterocycles. The first kappa shape index (κ1) is 14.1. The van der Waals surface area contributed by atoms with Gasteiger partial charge in [-0.3, -0.25) is 4.98 Å². The Morgan fingerprint density at radius 3 is 2.55 bits per heavy atom. The zero-order valence-corrected chi connectivity index (χ0v) is 11.7. The van der Waals surface area contributed by atoms with Crippen molar-refractivity contribution in [1.82, 2.24) is 19.7 Å². The summed E-state index contributed by atoms with van der Waals surface area (Å²) < 4.78 is 23.8. The summed E-state index contributed by atoms with van der Waals surface area (Å²) in [6.45, 7) is 0. The van der Waals surface area contributed by atoms with Gasteiger partial charge < -0.3 is 5.11 Å². The molecule has 0 bridgehead atoms. The number of aromatic carboxylic acids is 1. The molecule has 3 aromatic rings. The van der Waals surface area contributed by atoms with Crippen LogP contribution in [0.3, 0.4) is 0 Å². The SMILES string of the molecule is NS(=O)(=O)c1ccc(-n2ncc3c(C(=O)O)cncc32)cn1. The highest BCUT2D eigenvalue weighted by Gasteiger charge is 2.15. The van der Waals surface area contributed by atoms with Crippen LogP contribution in [0, 0.1) is 0 Å². The number of carboxylic acid groups (broad SMARTS) is 1. The quantitative estimate of drug-likeness (QED) is 0.700. The number of primary sulfonamides is 1. The molecule has 9 nitrogen and oxygen atoms in total. The minimum Gasteiger partial charge on any atom is -0.478 e. The molecule has 0 spiro atoms. The first-order valence-electron chi connectivity index (χ1n) is 5.92.